The first-order chi connectivity index (χ1) is 7.66. The minimum atomic E-state index is -0.621. The zero-order valence-corrected chi connectivity index (χ0v) is 8.59. The Morgan fingerprint density at radius 1 is 1.50 bits per heavy atom. The van der Waals surface area contributed by atoms with Gasteiger partial charge in [0.05, 0.1) is 4.92 Å². The predicted octanol–water partition coefficient (Wildman–Crippen LogP) is 0.151. The van der Waals surface area contributed by atoms with Crippen molar-refractivity contribution in [3.8, 4) is 0 Å². The number of unbranched alkanes of at least 4 members (excludes halogenated alkanes) is 1. The molecule has 8 nitrogen and oxygen atoms in total. The summed E-state index contributed by atoms with van der Waals surface area (Å²) in [5.74, 6) is -0.0555. The molecule has 0 bridgehead atoms. The molecule has 0 radical (unpaired) electrons. The van der Waals surface area contributed by atoms with Crippen LogP contribution < -0.4 is 11.1 Å². The van der Waals surface area contributed by atoms with Crippen molar-refractivity contribution in [3.63, 3.8) is 0 Å². The molecule has 0 unspecified atom stereocenters. The van der Waals surface area contributed by atoms with Crippen molar-refractivity contribution in [1.82, 2.24) is 9.97 Å². The molecular formula is C8H13N5O3. The molecular weight excluding hydrogens is 214 g/mol. The Hall–Kier alpha value is -1.96. The summed E-state index contributed by atoms with van der Waals surface area (Å²) >= 11 is 0. The van der Waals surface area contributed by atoms with E-state index in [1.807, 2.05) is 0 Å². The van der Waals surface area contributed by atoms with Gasteiger partial charge in [0, 0.05) is 13.2 Å². The van der Waals surface area contributed by atoms with Gasteiger partial charge in [-0.25, -0.2) is 9.97 Å². The van der Waals surface area contributed by atoms with Crippen molar-refractivity contribution in [2.24, 2.45) is 0 Å². The van der Waals surface area contributed by atoms with Gasteiger partial charge in [0.15, 0.2) is 0 Å². The van der Waals surface area contributed by atoms with Crippen molar-refractivity contribution >= 4 is 17.3 Å². The third-order valence-electron chi connectivity index (χ3n) is 1.91. The van der Waals surface area contributed by atoms with Gasteiger partial charge in [-0.3, -0.25) is 10.1 Å². The van der Waals surface area contributed by atoms with Crippen LogP contribution in [0.3, 0.4) is 0 Å². The summed E-state index contributed by atoms with van der Waals surface area (Å²) in [7, 11) is 0. The Bertz CT molecular complexity index is 371. The lowest BCUT2D eigenvalue weighted by atomic mass is 10.3. The Labute approximate surface area is 91.7 Å². The summed E-state index contributed by atoms with van der Waals surface area (Å²) in [4.78, 5) is 17.4. The standard InChI is InChI=1S/C8H13N5O3/c9-7-6(13(15)16)8(12-5-11-7)10-3-1-2-4-14/h5,14H,1-4H2,(H3,9,10,11,12). The smallest absolute Gasteiger partial charge is 0.352 e. The molecule has 0 saturated carbocycles. The fourth-order valence-electron chi connectivity index (χ4n) is 1.15. The van der Waals surface area contributed by atoms with E-state index in [0.717, 1.165) is 6.33 Å². The molecule has 8 heteroatoms. The molecule has 0 aromatic carbocycles. The number of aromatic nitrogens is 2. The second kappa shape index (κ2) is 5.81. The number of aliphatic hydroxyl groups is 1. The molecule has 0 amide bonds. The SMILES string of the molecule is Nc1ncnc(NCCCCO)c1[N+](=O)[O-]. The zero-order valence-electron chi connectivity index (χ0n) is 8.59. The van der Waals surface area contributed by atoms with Gasteiger partial charge in [-0.2, -0.15) is 0 Å². The maximum Gasteiger partial charge on any atom is 0.352 e. The Kier molecular flexibility index (Phi) is 4.40. The molecule has 88 valence electrons. The van der Waals surface area contributed by atoms with Crippen LogP contribution in [0.1, 0.15) is 12.8 Å². The van der Waals surface area contributed by atoms with Crippen LogP contribution in [0, 0.1) is 10.1 Å². The lowest BCUT2D eigenvalue weighted by Crippen LogP contribution is -2.09. The molecule has 0 atom stereocenters. The number of aliphatic hydroxyl groups excluding tert-OH is 1. The summed E-state index contributed by atoms with van der Waals surface area (Å²) in [5, 5.41) is 22.1. The van der Waals surface area contributed by atoms with E-state index in [2.05, 4.69) is 15.3 Å². The first-order valence-electron chi connectivity index (χ1n) is 4.76. The van der Waals surface area contributed by atoms with Crippen molar-refractivity contribution in [1.29, 1.82) is 0 Å². The van der Waals surface area contributed by atoms with Crippen molar-refractivity contribution < 1.29 is 10.0 Å². The highest BCUT2D eigenvalue weighted by Crippen LogP contribution is 2.25. The van der Waals surface area contributed by atoms with E-state index >= 15 is 0 Å². The minimum absolute atomic E-state index is 0.0929. The van der Waals surface area contributed by atoms with E-state index in [4.69, 9.17) is 10.8 Å². The largest absolute Gasteiger partial charge is 0.396 e. The number of nitrogen functional groups attached to an aromatic ring is 1. The molecule has 16 heavy (non-hydrogen) atoms. The zero-order chi connectivity index (χ0) is 12.0. The summed E-state index contributed by atoms with van der Waals surface area (Å²) in [6, 6.07) is 0. The van der Waals surface area contributed by atoms with Crippen LogP contribution in [0.5, 0.6) is 0 Å². The summed E-state index contributed by atoms with van der Waals surface area (Å²) in [6.45, 7) is 0.577. The number of nitro groups is 1. The minimum Gasteiger partial charge on any atom is -0.396 e. The molecule has 1 aromatic heterocycles. The fraction of sp³-hybridized carbons (Fsp3) is 0.500. The Balaban J connectivity index is 2.71. The number of rotatable bonds is 6. The first-order valence-corrected chi connectivity index (χ1v) is 4.76. The van der Waals surface area contributed by atoms with Crippen molar-refractivity contribution in [2.45, 2.75) is 12.8 Å². The van der Waals surface area contributed by atoms with Gasteiger partial charge in [0.1, 0.15) is 6.33 Å². The van der Waals surface area contributed by atoms with E-state index < -0.39 is 4.92 Å². The first kappa shape index (κ1) is 12.1. The summed E-state index contributed by atoms with van der Waals surface area (Å²) < 4.78 is 0. The molecule has 0 spiro atoms. The predicted molar refractivity (Wildman–Crippen MR) is 57.9 cm³/mol. The van der Waals surface area contributed by atoms with Gasteiger partial charge in [-0.05, 0) is 12.8 Å². The van der Waals surface area contributed by atoms with Gasteiger partial charge < -0.3 is 16.2 Å². The lowest BCUT2D eigenvalue weighted by molar-refractivity contribution is -0.383. The van der Waals surface area contributed by atoms with Crippen molar-refractivity contribution in [3.05, 3.63) is 16.4 Å². The third kappa shape index (κ3) is 3.02. The van der Waals surface area contributed by atoms with Gasteiger partial charge in [0.2, 0.25) is 11.6 Å². The quantitative estimate of drug-likeness (QED) is 0.358. The van der Waals surface area contributed by atoms with Gasteiger partial charge in [0.25, 0.3) is 0 Å². The molecule has 1 rings (SSSR count). The average molecular weight is 227 g/mol. The monoisotopic (exact) mass is 227 g/mol. The summed E-state index contributed by atoms with van der Waals surface area (Å²) in [5.41, 5.74) is 5.07. The van der Waals surface area contributed by atoms with Crippen molar-refractivity contribution in [2.75, 3.05) is 24.2 Å². The fourth-order valence-corrected chi connectivity index (χ4v) is 1.15. The number of hydrogen-bond acceptors (Lipinski definition) is 7. The van der Waals surface area contributed by atoms with Crippen LogP contribution in [0.25, 0.3) is 0 Å². The second-order valence-electron chi connectivity index (χ2n) is 3.07. The third-order valence-corrected chi connectivity index (χ3v) is 1.91. The molecule has 0 aliphatic heterocycles. The van der Waals surface area contributed by atoms with Crippen LogP contribution in [-0.4, -0.2) is 33.1 Å². The molecule has 1 aromatic rings. The topological polar surface area (TPSA) is 127 Å². The Morgan fingerprint density at radius 2 is 2.25 bits per heavy atom. The van der Waals surface area contributed by atoms with Crippen LogP contribution in [0.4, 0.5) is 17.3 Å². The van der Waals surface area contributed by atoms with Crippen LogP contribution in [0.15, 0.2) is 6.33 Å². The highest BCUT2D eigenvalue weighted by atomic mass is 16.6. The van der Waals surface area contributed by atoms with E-state index in [9.17, 15) is 10.1 Å². The number of nitrogens with zero attached hydrogens (tertiary/aromatic N) is 3. The van der Waals surface area contributed by atoms with E-state index in [-0.39, 0.29) is 23.9 Å². The number of hydrogen-bond donors (Lipinski definition) is 3. The van der Waals surface area contributed by atoms with Gasteiger partial charge in [-0.1, -0.05) is 0 Å². The molecule has 0 fully saturated rings. The second-order valence-corrected chi connectivity index (χ2v) is 3.07. The van der Waals surface area contributed by atoms with Gasteiger partial charge in [-0.15, -0.1) is 0 Å². The van der Waals surface area contributed by atoms with E-state index in [1.165, 1.54) is 0 Å². The lowest BCUT2D eigenvalue weighted by Gasteiger charge is -2.05. The Morgan fingerprint density at radius 3 is 2.88 bits per heavy atom. The van der Waals surface area contributed by atoms with E-state index in [0.29, 0.717) is 19.4 Å². The van der Waals surface area contributed by atoms with E-state index in [1.54, 1.807) is 0 Å². The highest BCUT2D eigenvalue weighted by Gasteiger charge is 2.20. The average Bonchev–Trinajstić information content (AvgIpc) is 2.24. The van der Waals surface area contributed by atoms with Gasteiger partial charge >= 0.3 is 5.69 Å². The molecule has 0 aliphatic carbocycles. The molecule has 1 heterocycles. The number of nitrogens with two attached hydrogens (primary N) is 1. The molecule has 4 N–H and O–H groups in total. The summed E-state index contributed by atoms with van der Waals surface area (Å²) in [6.07, 6.45) is 2.48. The van der Waals surface area contributed by atoms with Crippen LogP contribution in [0.2, 0.25) is 0 Å². The maximum absolute atomic E-state index is 10.7. The number of nitrogens with one attached hydrogen (secondary N) is 1. The molecule has 0 aliphatic rings. The normalized spacial score (nSPS) is 10.1. The van der Waals surface area contributed by atoms with Crippen LogP contribution in [-0.2, 0) is 0 Å². The number of anilines is 2. The maximum atomic E-state index is 10.7. The highest BCUT2D eigenvalue weighted by molar-refractivity contribution is 5.67. The van der Waals surface area contributed by atoms with Crippen LogP contribution >= 0.6 is 0 Å². The molecule has 0 saturated heterocycles.